The van der Waals surface area contributed by atoms with Crippen LogP contribution in [0.25, 0.3) is 0 Å². The van der Waals surface area contributed by atoms with Crippen molar-refractivity contribution in [1.29, 1.82) is 0 Å². The number of carbonyl (C=O) groups excluding carboxylic acids is 2. The second kappa shape index (κ2) is 11.0. The first kappa shape index (κ1) is 26.8. The molecule has 0 aromatic heterocycles. The van der Waals surface area contributed by atoms with Gasteiger partial charge in [0, 0.05) is 17.1 Å². The van der Waals surface area contributed by atoms with E-state index in [4.69, 9.17) is 25.8 Å². The summed E-state index contributed by atoms with van der Waals surface area (Å²) < 4.78 is 17.3. The van der Waals surface area contributed by atoms with Crippen LogP contribution in [-0.4, -0.2) is 36.4 Å². The molecule has 0 amide bonds. The Morgan fingerprint density at radius 3 is 2.54 bits per heavy atom. The van der Waals surface area contributed by atoms with E-state index in [1.807, 2.05) is 39.8 Å². The van der Waals surface area contributed by atoms with E-state index in [2.05, 4.69) is 5.32 Å². The third-order valence-electron chi connectivity index (χ3n) is 6.53. The lowest BCUT2D eigenvalue weighted by molar-refractivity contribution is -0.147. The summed E-state index contributed by atoms with van der Waals surface area (Å²) in [6, 6.07) is 10.2. The zero-order valence-corrected chi connectivity index (χ0v) is 22.4. The highest BCUT2D eigenvalue weighted by Crippen LogP contribution is 2.46. The molecule has 0 saturated heterocycles. The first-order chi connectivity index (χ1) is 17.6. The molecule has 2 aliphatic heterocycles. The van der Waals surface area contributed by atoms with Gasteiger partial charge in [0.15, 0.2) is 0 Å². The number of cyclic esters (lactones) is 1. The fraction of sp³-hybridized carbons (Fsp3) is 0.379. The van der Waals surface area contributed by atoms with Gasteiger partial charge in [0.05, 0.1) is 42.1 Å². The molecule has 0 saturated carbocycles. The number of dihydropyridines is 1. The molecule has 7 nitrogen and oxygen atoms in total. The second-order valence-electron chi connectivity index (χ2n) is 9.57. The van der Waals surface area contributed by atoms with Gasteiger partial charge in [0.25, 0.3) is 0 Å². The van der Waals surface area contributed by atoms with Crippen molar-refractivity contribution < 1.29 is 28.9 Å². The van der Waals surface area contributed by atoms with Crippen LogP contribution in [0.2, 0.25) is 5.02 Å². The summed E-state index contributed by atoms with van der Waals surface area (Å²) in [5.74, 6) is -1.87. The number of hydrogen-bond donors (Lipinski definition) is 2. The van der Waals surface area contributed by atoms with Crippen LogP contribution in [-0.2, 0) is 23.8 Å². The number of rotatable bonds is 7. The Bertz CT molecular complexity index is 1270. The summed E-state index contributed by atoms with van der Waals surface area (Å²) in [4.78, 5) is 26.9. The van der Waals surface area contributed by atoms with Crippen LogP contribution < -0.4 is 5.32 Å². The zero-order valence-electron chi connectivity index (χ0n) is 21.7. The van der Waals surface area contributed by atoms with Gasteiger partial charge in [-0.05, 0) is 81.1 Å². The summed E-state index contributed by atoms with van der Waals surface area (Å²) in [6.45, 7) is 9.71. The highest BCUT2D eigenvalue weighted by Gasteiger charge is 2.44. The number of phenolic OH excluding ortho intramolecular Hbond substituents is 1. The van der Waals surface area contributed by atoms with Gasteiger partial charge < -0.3 is 24.6 Å². The van der Waals surface area contributed by atoms with Crippen LogP contribution in [0, 0.1) is 13.8 Å². The molecule has 0 bridgehead atoms. The molecule has 8 heteroatoms. The third-order valence-corrected chi connectivity index (χ3v) is 6.75. The number of aryl methyl sites for hydroxylation is 2. The number of aromatic hydroxyl groups is 1. The minimum Gasteiger partial charge on any atom is -0.508 e. The minimum atomic E-state index is -0.797. The number of phenols is 1. The molecule has 0 spiro atoms. The molecule has 0 fully saturated rings. The van der Waals surface area contributed by atoms with E-state index in [1.54, 1.807) is 25.1 Å². The molecule has 2 aromatic rings. The first-order valence-electron chi connectivity index (χ1n) is 12.4. The average Bonchev–Trinajstić information content (AvgIpc) is 2.81. The predicted octanol–water partition coefficient (Wildman–Crippen LogP) is 5.53. The van der Waals surface area contributed by atoms with Gasteiger partial charge in [0.1, 0.15) is 11.9 Å². The highest BCUT2D eigenvalue weighted by atomic mass is 35.5. The van der Waals surface area contributed by atoms with Crippen LogP contribution in [0.15, 0.2) is 58.9 Å². The minimum absolute atomic E-state index is 0.0239. The average molecular weight is 526 g/mol. The fourth-order valence-electron chi connectivity index (χ4n) is 5.07. The van der Waals surface area contributed by atoms with E-state index in [-0.39, 0.29) is 30.6 Å². The molecular formula is C29H32ClNO6. The molecule has 0 aliphatic carbocycles. The van der Waals surface area contributed by atoms with E-state index in [0.29, 0.717) is 34.0 Å². The maximum Gasteiger partial charge on any atom is 0.337 e. The fourth-order valence-corrected chi connectivity index (χ4v) is 5.40. The van der Waals surface area contributed by atoms with Crippen LogP contribution in [0.5, 0.6) is 5.75 Å². The number of esters is 2. The van der Waals surface area contributed by atoms with Crippen molar-refractivity contribution in [3.8, 4) is 5.75 Å². The Labute approximate surface area is 222 Å². The van der Waals surface area contributed by atoms with Crippen molar-refractivity contribution in [2.45, 2.75) is 59.2 Å². The first-order valence-corrected chi connectivity index (χ1v) is 12.8. The third kappa shape index (κ3) is 5.53. The number of hydrogen-bond acceptors (Lipinski definition) is 7. The van der Waals surface area contributed by atoms with Crippen molar-refractivity contribution in [2.24, 2.45) is 0 Å². The van der Waals surface area contributed by atoms with E-state index < -0.39 is 24.0 Å². The molecule has 4 rings (SSSR count). The quantitative estimate of drug-likeness (QED) is 0.459. The second-order valence-corrected chi connectivity index (χ2v) is 10.0. The Morgan fingerprint density at radius 2 is 1.92 bits per heavy atom. The smallest absolute Gasteiger partial charge is 0.337 e. The topological polar surface area (TPSA) is 94.1 Å². The Balaban J connectivity index is 1.86. The van der Waals surface area contributed by atoms with Gasteiger partial charge >= 0.3 is 11.9 Å². The molecule has 196 valence electrons. The lowest BCUT2D eigenvalue weighted by Crippen LogP contribution is -2.39. The normalized spacial score (nSPS) is 19.5. The van der Waals surface area contributed by atoms with E-state index >= 15 is 0 Å². The number of ether oxygens (including phenoxy) is 3. The Hall–Kier alpha value is -3.29. The molecule has 2 aliphatic rings. The van der Waals surface area contributed by atoms with Gasteiger partial charge in [-0.1, -0.05) is 23.7 Å². The standard InChI is InChI=1S/C29H32ClNO6/c1-6-35-28(33)27-22(14-36-15(2)3)31-21-13-23(24-16(4)10-19(30)11-17(24)5)37-29(34)26(21)25(27)18-8-7-9-20(32)12-18/h7-12,15,23,25,31-32H,6,13-14H2,1-5H3. The van der Waals surface area contributed by atoms with Gasteiger partial charge in [-0.2, -0.15) is 0 Å². The van der Waals surface area contributed by atoms with Gasteiger partial charge in [-0.3, -0.25) is 0 Å². The zero-order chi connectivity index (χ0) is 26.9. The summed E-state index contributed by atoms with van der Waals surface area (Å²) in [5.41, 5.74) is 5.10. The molecule has 0 radical (unpaired) electrons. The SMILES string of the molecule is CCOC(=O)C1=C(COC(C)C)NC2=C(C(=O)OC(c3c(C)cc(Cl)cc3C)C2)C1c1cccc(O)c1. The van der Waals surface area contributed by atoms with Crippen LogP contribution >= 0.6 is 11.6 Å². The van der Waals surface area contributed by atoms with Crippen LogP contribution in [0.4, 0.5) is 0 Å². The number of nitrogens with one attached hydrogen (secondary N) is 1. The molecule has 2 unspecified atom stereocenters. The Kier molecular flexibility index (Phi) is 7.95. The molecule has 2 N–H and O–H groups in total. The van der Waals surface area contributed by atoms with Gasteiger partial charge in [0.2, 0.25) is 0 Å². The molecule has 2 atom stereocenters. The number of benzene rings is 2. The summed E-state index contributed by atoms with van der Waals surface area (Å²) >= 11 is 6.24. The van der Waals surface area contributed by atoms with E-state index in [0.717, 1.165) is 16.7 Å². The summed E-state index contributed by atoms with van der Waals surface area (Å²) in [6.07, 6.45) is -0.242. The Morgan fingerprint density at radius 1 is 1.22 bits per heavy atom. The largest absolute Gasteiger partial charge is 0.508 e. The lowest BCUT2D eigenvalue weighted by atomic mass is 9.78. The summed E-state index contributed by atoms with van der Waals surface area (Å²) in [7, 11) is 0. The van der Waals surface area contributed by atoms with Crippen LogP contribution in [0.1, 0.15) is 61.5 Å². The van der Waals surface area contributed by atoms with Crippen molar-refractivity contribution in [3.63, 3.8) is 0 Å². The van der Waals surface area contributed by atoms with Crippen LogP contribution in [0.3, 0.4) is 0 Å². The molecular weight excluding hydrogens is 494 g/mol. The van der Waals surface area contributed by atoms with Crippen molar-refractivity contribution in [3.05, 3.63) is 86.2 Å². The predicted molar refractivity (Wildman–Crippen MR) is 140 cm³/mol. The van der Waals surface area contributed by atoms with E-state index in [9.17, 15) is 14.7 Å². The van der Waals surface area contributed by atoms with Crippen molar-refractivity contribution >= 4 is 23.5 Å². The molecule has 37 heavy (non-hydrogen) atoms. The number of carbonyl (C=O) groups is 2. The number of halogens is 1. The molecule has 2 aromatic carbocycles. The molecule has 2 heterocycles. The van der Waals surface area contributed by atoms with Gasteiger partial charge in [-0.25, -0.2) is 9.59 Å². The van der Waals surface area contributed by atoms with Crippen molar-refractivity contribution in [1.82, 2.24) is 5.32 Å². The van der Waals surface area contributed by atoms with Crippen molar-refractivity contribution in [2.75, 3.05) is 13.2 Å². The maximum absolute atomic E-state index is 13.7. The lowest BCUT2D eigenvalue weighted by Gasteiger charge is -2.37. The van der Waals surface area contributed by atoms with Gasteiger partial charge in [-0.15, -0.1) is 0 Å². The van der Waals surface area contributed by atoms with E-state index in [1.165, 1.54) is 6.07 Å². The maximum atomic E-state index is 13.7. The highest BCUT2D eigenvalue weighted by molar-refractivity contribution is 6.30. The summed E-state index contributed by atoms with van der Waals surface area (Å²) in [5, 5.41) is 14.2. The monoisotopic (exact) mass is 525 g/mol.